The molecule has 0 fully saturated rings. The zero-order chi connectivity index (χ0) is 24.3. The average Bonchev–Trinajstić information content (AvgIpc) is 3.16. The highest BCUT2D eigenvalue weighted by atomic mass is 35.5. The lowest BCUT2D eigenvalue weighted by molar-refractivity contribution is -0.161. The van der Waals surface area contributed by atoms with E-state index in [1.54, 1.807) is 86.6 Å². The van der Waals surface area contributed by atoms with Gasteiger partial charge in [0.25, 0.3) is 0 Å². The van der Waals surface area contributed by atoms with E-state index in [1.165, 1.54) is 0 Å². The second-order valence-corrected chi connectivity index (χ2v) is 8.13. The molecule has 172 valence electrons. The van der Waals surface area contributed by atoms with Crippen LogP contribution in [0.25, 0.3) is 11.1 Å². The van der Waals surface area contributed by atoms with Gasteiger partial charge in [-0.3, -0.25) is 14.4 Å². The second-order valence-electron chi connectivity index (χ2n) is 7.69. The molecule has 34 heavy (non-hydrogen) atoms. The number of carbonyl (C=O) groups is 3. The molecule has 1 aliphatic carbocycles. The molecule has 0 bridgehead atoms. The van der Waals surface area contributed by atoms with Gasteiger partial charge in [-0.1, -0.05) is 78.3 Å². The molecule has 0 radical (unpaired) electrons. The third kappa shape index (κ3) is 3.72. The van der Waals surface area contributed by atoms with Crippen LogP contribution in [0, 0.1) is 0 Å². The van der Waals surface area contributed by atoms with Crippen molar-refractivity contribution in [3.8, 4) is 0 Å². The number of fused-ring (bicyclic) bond motifs is 1. The zero-order valence-corrected chi connectivity index (χ0v) is 19.6. The van der Waals surface area contributed by atoms with Crippen molar-refractivity contribution in [2.45, 2.75) is 19.3 Å². The smallest absolute Gasteiger partial charge is 0.332 e. The van der Waals surface area contributed by atoms with E-state index in [2.05, 4.69) is 0 Å². The molecule has 5 nitrogen and oxygen atoms in total. The number of ether oxygens (including phenoxy) is 2. The molecule has 1 aliphatic rings. The lowest BCUT2D eigenvalue weighted by atomic mass is 9.74. The largest absolute Gasteiger partial charge is 0.465 e. The van der Waals surface area contributed by atoms with Crippen molar-refractivity contribution in [3.63, 3.8) is 0 Å². The lowest BCUT2D eigenvalue weighted by Crippen LogP contribution is -2.46. The summed E-state index contributed by atoms with van der Waals surface area (Å²) in [4.78, 5) is 41.4. The van der Waals surface area contributed by atoms with E-state index >= 15 is 0 Å². The highest BCUT2D eigenvalue weighted by Gasteiger charge is 2.60. The first-order valence-electron chi connectivity index (χ1n) is 11.0. The standard InChI is InChI=1S/C28H23ClO5/c1-3-33-26(31)28(27(32)34-4-2)22-16-9-8-15-21(22)23(24(28)18-11-6-5-7-12-18)25(30)19-13-10-14-20(29)17-19/h5-17H,3-4H2,1-2H3. The van der Waals surface area contributed by atoms with Crippen molar-refractivity contribution in [3.05, 3.63) is 106 Å². The van der Waals surface area contributed by atoms with Crippen LogP contribution >= 0.6 is 11.6 Å². The van der Waals surface area contributed by atoms with E-state index in [-0.39, 0.29) is 30.1 Å². The molecule has 4 rings (SSSR count). The molecule has 0 heterocycles. The molecule has 0 aliphatic heterocycles. The van der Waals surface area contributed by atoms with Crippen LogP contribution in [0.2, 0.25) is 5.02 Å². The second kappa shape index (κ2) is 9.65. The van der Waals surface area contributed by atoms with Gasteiger partial charge in [0.2, 0.25) is 5.41 Å². The maximum atomic E-state index is 14.0. The predicted octanol–water partition coefficient (Wildman–Crippen LogP) is 5.51. The first-order chi connectivity index (χ1) is 16.5. The van der Waals surface area contributed by atoms with Crippen LogP contribution in [-0.2, 0) is 24.5 Å². The minimum atomic E-state index is -1.95. The van der Waals surface area contributed by atoms with Crippen molar-refractivity contribution in [1.29, 1.82) is 0 Å². The number of hydrogen-bond donors (Lipinski definition) is 0. The van der Waals surface area contributed by atoms with E-state index in [0.717, 1.165) is 0 Å². The van der Waals surface area contributed by atoms with Crippen molar-refractivity contribution in [2.75, 3.05) is 13.2 Å². The molecule has 0 spiro atoms. The third-order valence-electron chi connectivity index (χ3n) is 5.76. The molecule has 0 amide bonds. The Morgan fingerprint density at radius 3 is 2.03 bits per heavy atom. The van der Waals surface area contributed by atoms with Gasteiger partial charge in [-0.25, -0.2) is 0 Å². The number of rotatable bonds is 7. The SMILES string of the molecule is CCOC(=O)C1(C(=O)OCC)C(c2ccccc2)=C(C(=O)c2cccc(Cl)c2)c2ccccc21. The summed E-state index contributed by atoms with van der Waals surface area (Å²) in [7, 11) is 0. The van der Waals surface area contributed by atoms with Gasteiger partial charge in [0.05, 0.1) is 13.2 Å². The molecule has 0 saturated heterocycles. The van der Waals surface area contributed by atoms with Crippen LogP contribution in [0.4, 0.5) is 0 Å². The molecule has 0 N–H and O–H groups in total. The van der Waals surface area contributed by atoms with E-state index in [4.69, 9.17) is 21.1 Å². The highest BCUT2D eigenvalue weighted by molar-refractivity contribution is 6.42. The van der Waals surface area contributed by atoms with Gasteiger partial charge >= 0.3 is 11.9 Å². The summed E-state index contributed by atoms with van der Waals surface area (Å²) in [5.74, 6) is -1.92. The van der Waals surface area contributed by atoms with Crippen LogP contribution < -0.4 is 0 Å². The number of carbonyl (C=O) groups excluding carboxylic acids is 3. The van der Waals surface area contributed by atoms with Crippen molar-refractivity contribution >= 4 is 40.5 Å². The fourth-order valence-electron chi connectivity index (χ4n) is 4.45. The van der Waals surface area contributed by atoms with Crippen LogP contribution in [0.1, 0.15) is 40.9 Å². The molecule has 0 saturated carbocycles. The normalized spacial score (nSPS) is 13.9. The van der Waals surface area contributed by atoms with E-state index in [0.29, 0.717) is 27.3 Å². The van der Waals surface area contributed by atoms with Crippen LogP contribution in [0.15, 0.2) is 78.9 Å². The Balaban J connectivity index is 2.14. The monoisotopic (exact) mass is 474 g/mol. The Morgan fingerprint density at radius 1 is 0.794 bits per heavy atom. The summed E-state index contributed by atoms with van der Waals surface area (Å²) in [6, 6.07) is 22.4. The first kappa shape index (κ1) is 23.5. The van der Waals surface area contributed by atoms with Crippen molar-refractivity contribution < 1.29 is 23.9 Å². The highest BCUT2D eigenvalue weighted by Crippen LogP contribution is 2.53. The number of halogens is 1. The summed E-state index contributed by atoms with van der Waals surface area (Å²) in [5.41, 5.74) is 0.262. The fraction of sp³-hybridized carbons (Fsp3) is 0.179. The summed E-state index contributed by atoms with van der Waals surface area (Å²) < 4.78 is 10.9. The number of ketones is 1. The quantitative estimate of drug-likeness (QED) is 0.256. The lowest BCUT2D eigenvalue weighted by Gasteiger charge is -2.29. The van der Waals surface area contributed by atoms with Crippen LogP contribution in [0.5, 0.6) is 0 Å². The zero-order valence-electron chi connectivity index (χ0n) is 18.8. The van der Waals surface area contributed by atoms with Crippen LogP contribution in [0.3, 0.4) is 0 Å². The number of Topliss-reactive ketones (excluding diaryl/α,β-unsaturated/α-hetero) is 1. The minimum absolute atomic E-state index is 0.0573. The van der Waals surface area contributed by atoms with Gasteiger partial charge in [0.15, 0.2) is 5.78 Å². The Morgan fingerprint density at radius 2 is 1.41 bits per heavy atom. The van der Waals surface area contributed by atoms with E-state index in [9.17, 15) is 14.4 Å². The Hall–Kier alpha value is -3.70. The van der Waals surface area contributed by atoms with Crippen LogP contribution in [-0.4, -0.2) is 30.9 Å². The topological polar surface area (TPSA) is 69.7 Å². The van der Waals surface area contributed by atoms with Gasteiger partial charge in [-0.15, -0.1) is 0 Å². The molecule has 0 atom stereocenters. The number of esters is 2. The maximum absolute atomic E-state index is 14.0. The van der Waals surface area contributed by atoms with Crippen molar-refractivity contribution in [2.24, 2.45) is 0 Å². The van der Waals surface area contributed by atoms with Gasteiger partial charge < -0.3 is 9.47 Å². The van der Waals surface area contributed by atoms with Gasteiger partial charge in [0.1, 0.15) is 0 Å². The molecule has 0 aromatic heterocycles. The summed E-state index contributed by atoms with van der Waals surface area (Å²) in [5, 5.41) is 0.404. The summed E-state index contributed by atoms with van der Waals surface area (Å²) in [6.45, 7) is 3.45. The molecular formula is C28H23ClO5. The average molecular weight is 475 g/mol. The number of hydrogen-bond acceptors (Lipinski definition) is 5. The van der Waals surface area contributed by atoms with Gasteiger partial charge in [-0.05, 0) is 42.7 Å². The van der Waals surface area contributed by atoms with E-state index < -0.39 is 17.4 Å². The van der Waals surface area contributed by atoms with Crippen molar-refractivity contribution in [1.82, 2.24) is 0 Å². The molecule has 0 unspecified atom stereocenters. The third-order valence-corrected chi connectivity index (χ3v) is 6.00. The molecule has 3 aromatic carbocycles. The maximum Gasteiger partial charge on any atom is 0.332 e. The van der Waals surface area contributed by atoms with Gasteiger partial charge in [0, 0.05) is 21.7 Å². The summed E-state index contributed by atoms with van der Waals surface area (Å²) >= 11 is 6.17. The fourth-order valence-corrected chi connectivity index (χ4v) is 4.64. The molecule has 3 aromatic rings. The molecular weight excluding hydrogens is 452 g/mol. The van der Waals surface area contributed by atoms with E-state index in [1.807, 2.05) is 6.07 Å². The Kier molecular flexibility index (Phi) is 6.66. The number of allylic oxidation sites excluding steroid dienone is 1. The first-order valence-corrected chi connectivity index (χ1v) is 11.4. The molecule has 6 heteroatoms. The Labute approximate surface area is 203 Å². The van der Waals surface area contributed by atoms with Gasteiger partial charge in [-0.2, -0.15) is 0 Å². The minimum Gasteiger partial charge on any atom is -0.465 e. The number of benzene rings is 3. The summed E-state index contributed by atoms with van der Waals surface area (Å²) in [6.07, 6.45) is 0. The predicted molar refractivity (Wildman–Crippen MR) is 130 cm³/mol. The Bertz CT molecular complexity index is 1270.